The summed E-state index contributed by atoms with van der Waals surface area (Å²) in [5.41, 5.74) is 0.248. The number of fused-ring (bicyclic) bond motifs is 1. The van der Waals surface area contributed by atoms with Gasteiger partial charge in [0.05, 0.1) is 0 Å². The van der Waals surface area contributed by atoms with Gasteiger partial charge in [-0.05, 0) is 65.3 Å². The SMILES string of the molecule is CCC(CNC(C)(C)C)N1CCCC2CCCC21. The highest BCUT2D eigenvalue weighted by atomic mass is 15.2. The molecule has 2 aliphatic rings. The summed E-state index contributed by atoms with van der Waals surface area (Å²) in [5.74, 6) is 1.02. The minimum atomic E-state index is 0.248. The summed E-state index contributed by atoms with van der Waals surface area (Å²) < 4.78 is 0. The highest BCUT2D eigenvalue weighted by molar-refractivity contribution is 4.92. The third-order valence-corrected chi connectivity index (χ3v) is 4.84. The third-order valence-electron chi connectivity index (χ3n) is 4.84. The molecule has 1 saturated heterocycles. The van der Waals surface area contributed by atoms with Crippen molar-refractivity contribution >= 4 is 0 Å². The van der Waals surface area contributed by atoms with Crippen molar-refractivity contribution in [2.45, 2.75) is 83.8 Å². The van der Waals surface area contributed by atoms with Gasteiger partial charge in [0.15, 0.2) is 0 Å². The summed E-state index contributed by atoms with van der Waals surface area (Å²) in [7, 11) is 0. The van der Waals surface area contributed by atoms with Crippen molar-refractivity contribution in [3.05, 3.63) is 0 Å². The molecular formula is C16H32N2. The first-order valence-corrected chi connectivity index (χ1v) is 8.02. The van der Waals surface area contributed by atoms with E-state index >= 15 is 0 Å². The van der Waals surface area contributed by atoms with Crippen LogP contribution in [0.2, 0.25) is 0 Å². The molecule has 3 unspecified atom stereocenters. The molecule has 1 heterocycles. The van der Waals surface area contributed by atoms with Crippen LogP contribution in [-0.2, 0) is 0 Å². The molecule has 1 saturated carbocycles. The van der Waals surface area contributed by atoms with Crippen molar-refractivity contribution in [1.82, 2.24) is 10.2 Å². The first-order chi connectivity index (χ1) is 8.51. The highest BCUT2D eigenvalue weighted by Crippen LogP contribution is 2.38. The van der Waals surface area contributed by atoms with Crippen molar-refractivity contribution in [3.63, 3.8) is 0 Å². The average Bonchev–Trinajstić information content (AvgIpc) is 2.77. The largest absolute Gasteiger partial charge is 0.311 e. The van der Waals surface area contributed by atoms with E-state index in [1.54, 1.807) is 0 Å². The Morgan fingerprint density at radius 3 is 2.56 bits per heavy atom. The fourth-order valence-electron chi connectivity index (χ4n) is 3.87. The molecule has 0 amide bonds. The summed E-state index contributed by atoms with van der Waals surface area (Å²) in [5, 5.41) is 3.71. The van der Waals surface area contributed by atoms with E-state index in [1.165, 1.54) is 45.1 Å². The van der Waals surface area contributed by atoms with Crippen LogP contribution in [0.3, 0.4) is 0 Å². The monoisotopic (exact) mass is 252 g/mol. The van der Waals surface area contributed by atoms with Gasteiger partial charge in [0, 0.05) is 24.2 Å². The lowest BCUT2D eigenvalue weighted by molar-refractivity contribution is 0.0620. The van der Waals surface area contributed by atoms with E-state index < -0.39 is 0 Å². The van der Waals surface area contributed by atoms with Crippen LogP contribution in [0.15, 0.2) is 0 Å². The number of piperidine rings is 1. The van der Waals surface area contributed by atoms with Crippen molar-refractivity contribution in [1.29, 1.82) is 0 Å². The number of rotatable bonds is 4. The van der Waals surface area contributed by atoms with E-state index in [1.807, 2.05) is 0 Å². The lowest BCUT2D eigenvalue weighted by Gasteiger charge is -2.43. The van der Waals surface area contributed by atoms with Crippen LogP contribution in [0, 0.1) is 5.92 Å². The van der Waals surface area contributed by atoms with Crippen LogP contribution >= 0.6 is 0 Å². The zero-order valence-corrected chi connectivity index (χ0v) is 12.8. The molecule has 0 aromatic carbocycles. The molecule has 0 aromatic rings. The fourth-order valence-corrected chi connectivity index (χ4v) is 3.87. The van der Waals surface area contributed by atoms with E-state index in [-0.39, 0.29) is 5.54 Å². The molecular weight excluding hydrogens is 220 g/mol. The number of hydrogen-bond donors (Lipinski definition) is 1. The Hall–Kier alpha value is -0.0800. The molecule has 2 nitrogen and oxygen atoms in total. The molecule has 0 aromatic heterocycles. The van der Waals surface area contributed by atoms with Gasteiger partial charge in [0.25, 0.3) is 0 Å². The van der Waals surface area contributed by atoms with Crippen LogP contribution < -0.4 is 5.32 Å². The number of hydrogen-bond acceptors (Lipinski definition) is 2. The third kappa shape index (κ3) is 3.48. The van der Waals surface area contributed by atoms with Gasteiger partial charge in [0.2, 0.25) is 0 Å². The van der Waals surface area contributed by atoms with Crippen molar-refractivity contribution in [3.8, 4) is 0 Å². The van der Waals surface area contributed by atoms with Crippen LogP contribution in [0.1, 0.15) is 66.2 Å². The molecule has 106 valence electrons. The van der Waals surface area contributed by atoms with Crippen LogP contribution in [-0.4, -0.2) is 35.6 Å². The second kappa shape index (κ2) is 5.92. The average molecular weight is 252 g/mol. The van der Waals surface area contributed by atoms with E-state index in [4.69, 9.17) is 0 Å². The van der Waals surface area contributed by atoms with Crippen molar-refractivity contribution < 1.29 is 0 Å². The predicted molar refractivity (Wildman–Crippen MR) is 78.9 cm³/mol. The van der Waals surface area contributed by atoms with Gasteiger partial charge in [-0.2, -0.15) is 0 Å². The Labute approximate surface area is 114 Å². The Morgan fingerprint density at radius 1 is 1.17 bits per heavy atom. The minimum Gasteiger partial charge on any atom is -0.311 e. The molecule has 3 atom stereocenters. The Bertz CT molecular complexity index is 256. The molecule has 0 radical (unpaired) electrons. The molecule has 18 heavy (non-hydrogen) atoms. The van der Waals surface area contributed by atoms with Crippen LogP contribution in [0.5, 0.6) is 0 Å². The second-order valence-corrected chi connectivity index (χ2v) is 7.33. The lowest BCUT2D eigenvalue weighted by atomic mass is 9.90. The van der Waals surface area contributed by atoms with Gasteiger partial charge in [-0.1, -0.05) is 13.3 Å². The summed E-state index contributed by atoms with van der Waals surface area (Å²) in [6.07, 6.45) is 8.61. The maximum atomic E-state index is 3.71. The molecule has 2 fully saturated rings. The Kier molecular flexibility index (Phi) is 4.71. The molecule has 0 bridgehead atoms. The number of likely N-dealkylation sites (tertiary alicyclic amines) is 1. The highest BCUT2D eigenvalue weighted by Gasteiger charge is 2.37. The smallest absolute Gasteiger partial charge is 0.0221 e. The van der Waals surface area contributed by atoms with Crippen LogP contribution in [0.4, 0.5) is 0 Å². The Balaban J connectivity index is 1.93. The van der Waals surface area contributed by atoms with Gasteiger partial charge in [0.1, 0.15) is 0 Å². The standard InChI is InChI=1S/C16H32N2/c1-5-14(12-17-16(2,3)4)18-11-7-9-13-8-6-10-15(13)18/h13-15,17H,5-12H2,1-4H3. The molecule has 1 aliphatic carbocycles. The van der Waals surface area contributed by atoms with E-state index in [0.717, 1.165) is 24.5 Å². The normalized spacial score (nSPS) is 31.3. The van der Waals surface area contributed by atoms with Gasteiger partial charge < -0.3 is 5.32 Å². The zero-order valence-electron chi connectivity index (χ0n) is 12.8. The number of nitrogens with one attached hydrogen (secondary N) is 1. The maximum Gasteiger partial charge on any atom is 0.0221 e. The molecule has 2 rings (SSSR count). The van der Waals surface area contributed by atoms with E-state index in [9.17, 15) is 0 Å². The quantitative estimate of drug-likeness (QED) is 0.825. The van der Waals surface area contributed by atoms with Gasteiger partial charge in [-0.3, -0.25) is 4.90 Å². The first-order valence-electron chi connectivity index (χ1n) is 8.02. The zero-order chi connectivity index (χ0) is 13.2. The maximum absolute atomic E-state index is 3.71. The first kappa shape index (κ1) is 14.3. The minimum absolute atomic E-state index is 0.248. The molecule has 1 N–H and O–H groups in total. The predicted octanol–water partition coefficient (Wildman–Crippen LogP) is 3.42. The lowest BCUT2D eigenvalue weighted by Crippen LogP contribution is -2.53. The van der Waals surface area contributed by atoms with Gasteiger partial charge in [-0.25, -0.2) is 0 Å². The second-order valence-electron chi connectivity index (χ2n) is 7.33. The number of nitrogens with zero attached hydrogens (tertiary/aromatic N) is 1. The summed E-state index contributed by atoms with van der Waals surface area (Å²) >= 11 is 0. The van der Waals surface area contributed by atoms with Crippen LogP contribution in [0.25, 0.3) is 0 Å². The van der Waals surface area contributed by atoms with Gasteiger partial charge in [-0.15, -0.1) is 0 Å². The fraction of sp³-hybridized carbons (Fsp3) is 1.00. The molecule has 0 spiro atoms. The van der Waals surface area contributed by atoms with E-state index in [0.29, 0.717) is 0 Å². The summed E-state index contributed by atoms with van der Waals surface area (Å²) in [6, 6.07) is 1.65. The Morgan fingerprint density at radius 2 is 1.89 bits per heavy atom. The van der Waals surface area contributed by atoms with Gasteiger partial charge >= 0.3 is 0 Å². The molecule has 1 aliphatic heterocycles. The molecule has 2 heteroatoms. The van der Waals surface area contributed by atoms with Crippen molar-refractivity contribution in [2.24, 2.45) is 5.92 Å². The summed E-state index contributed by atoms with van der Waals surface area (Å²) in [4.78, 5) is 2.85. The van der Waals surface area contributed by atoms with Crippen molar-refractivity contribution in [2.75, 3.05) is 13.1 Å². The summed E-state index contributed by atoms with van der Waals surface area (Å²) in [6.45, 7) is 11.7. The van der Waals surface area contributed by atoms with E-state index in [2.05, 4.69) is 37.9 Å². The topological polar surface area (TPSA) is 15.3 Å².